The van der Waals surface area contributed by atoms with Crippen LogP contribution >= 0.6 is 0 Å². The lowest BCUT2D eigenvalue weighted by molar-refractivity contribution is -0.116. The van der Waals surface area contributed by atoms with Crippen LogP contribution in [0.15, 0.2) is 48.8 Å². The minimum absolute atomic E-state index is 0.0224. The summed E-state index contributed by atoms with van der Waals surface area (Å²) in [6, 6.07) is 12.0. The van der Waals surface area contributed by atoms with E-state index in [1.807, 2.05) is 25.1 Å². The van der Waals surface area contributed by atoms with E-state index >= 15 is 0 Å². The minimum Gasteiger partial charge on any atom is -0.370 e. The number of carbonyl (C=O) groups is 1. The molecule has 0 aliphatic carbocycles. The first-order chi connectivity index (χ1) is 17.7. The zero-order chi connectivity index (χ0) is 24.5. The predicted octanol–water partition coefficient (Wildman–Crippen LogP) is 5.29. The van der Waals surface area contributed by atoms with E-state index in [2.05, 4.69) is 48.6 Å². The zero-order valence-electron chi connectivity index (χ0n) is 20.2. The third-order valence-corrected chi connectivity index (χ3v) is 6.61. The molecule has 0 spiro atoms. The normalized spacial score (nSPS) is 14.0. The first-order valence-electron chi connectivity index (χ1n) is 12.5. The molecule has 1 aromatic carbocycles. The Morgan fingerprint density at radius 3 is 2.78 bits per heavy atom. The summed E-state index contributed by atoms with van der Waals surface area (Å²) < 4.78 is 0. The van der Waals surface area contributed by atoms with Gasteiger partial charge in [0.05, 0.1) is 34.3 Å². The quantitative estimate of drug-likeness (QED) is 0.304. The van der Waals surface area contributed by atoms with Gasteiger partial charge < -0.3 is 15.2 Å². The first kappa shape index (κ1) is 22.2. The maximum Gasteiger partial charge on any atom is 0.224 e. The van der Waals surface area contributed by atoms with E-state index in [4.69, 9.17) is 9.97 Å². The van der Waals surface area contributed by atoms with Crippen molar-refractivity contribution in [1.82, 2.24) is 30.1 Å². The van der Waals surface area contributed by atoms with E-state index in [0.717, 1.165) is 58.5 Å². The number of piperidine rings is 1. The number of fused-ring (bicyclic) bond motifs is 2. The van der Waals surface area contributed by atoms with Crippen LogP contribution in [0.3, 0.4) is 0 Å². The van der Waals surface area contributed by atoms with Gasteiger partial charge in [-0.1, -0.05) is 13.0 Å². The summed E-state index contributed by atoms with van der Waals surface area (Å²) in [4.78, 5) is 32.1. The Kier molecular flexibility index (Phi) is 5.80. The fourth-order valence-corrected chi connectivity index (χ4v) is 4.84. The second-order valence-electron chi connectivity index (χ2n) is 9.23. The molecule has 6 rings (SSSR count). The number of benzene rings is 1. The summed E-state index contributed by atoms with van der Waals surface area (Å²) in [5.74, 6) is 0.662. The highest BCUT2D eigenvalue weighted by molar-refractivity contribution is 5.95. The Balaban J connectivity index is 1.37. The average molecular weight is 481 g/mol. The molecule has 5 heterocycles. The molecule has 1 amide bonds. The highest BCUT2D eigenvalue weighted by Crippen LogP contribution is 2.32. The number of amides is 1. The highest BCUT2D eigenvalue weighted by Gasteiger charge is 2.19. The maximum absolute atomic E-state index is 12.0. The number of anilines is 2. The summed E-state index contributed by atoms with van der Waals surface area (Å²) in [7, 11) is 0. The Bertz CT molecular complexity index is 1550. The molecule has 9 nitrogen and oxygen atoms in total. The van der Waals surface area contributed by atoms with E-state index in [1.54, 1.807) is 12.4 Å². The second-order valence-corrected chi connectivity index (χ2v) is 9.23. The number of hydrogen-bond acceptors (Lipinski definition) is 6. The molecular weight excluding hydrogens is 452 g/mol. The SMILES string of the molecule is CCCC(=O)Nc1cncc(-c2ccc3[nH]nc(-c4nc5c(N6CCCCC6)cccc5[nH]4)c3n2)c1. The predicted molar refractivity (Wildman–Crippen MR) is 142 cm³/mol. The van der Waals surface area contributed by atoms with Crippen LogP contribution in [0, 0.1) is 0 Å². The number of carbonyl (C=O) groups excluding carboxylic acids is 1. The number of pyridine rings is 2. The van der Waals surface area contributed by atoms with Gasteiger partial charge in [0.1, 0.15) is 11.0 Å². The Morgan fingerprint density at radius 2 is 1.92 bits per heavy atom. The summed E-state index contributed by atoms with van der Waals surface area (Å²) in [5, 5.41) is 10.5. The van der Waals surface area contributed by atoms with Crippen LogP contribution < -0.4 is 10.2 Å². The maximum atomic E-state index is 12.0. The lowest BCUT2D eigenvalue weighted by Crippen LogP contribution is -2.29. The molecule has 3 N–H and O–H groups in total. The molecule has 1 aliphatic rings. The first-order valence-corrected chi connectivity index (χ1v) is 12.5. The summed E-state index contributed by atoms with van der Waals surface area (Å²) in [6.45, 7) is 4.10. The van der Waals surface area contributed by atoms with Crippen LogP contribution in [0.2, 0.25) is 0 Å². The van der Waals surface area contributed by atoms with Gasteiger partial charge >= 0.3 is 0 Å². The van der Waals surface area contributed by atoms with Gasteiger partial charge in [0.25, 0.3) is 0 Å². The highest BCUT2D eigenvalue weighted by atomic mass is 16.1. The molecule has 0 bridgehead atoms. The third-order valence-electron chi connectivity index (χ3n) is 6.61. The minimum atomic E-state index is -0.0224. The molecule has 5 aromatic rings. The van der Waals surface area contributed by atoms with Gasteiger partial charge in [0.15, 0.2) is 11.5 Å². The van der Waals surface area contributed by atoms with Crippen LogP contribution in [0.1, 0.15) is 39.0 Å². The molecule has 9 heteroatoms. The topological polar surface area (TPSA) is 115 Å². The number of rotatable bonds is 6. The van der Waals surface area contributed by atoms with Gasteiger partial charge in [-0.3, -0.25) is 14.9 Å². The number of aromatic amines is 2. The third kappa shape index (κ3) is 4.17. The summed E-state index contributed by atoms with van der Waals surface area (Å²) in [5.41, 5.74) is 7.55. The van der Waals surface area contributed by atoms with Crippen molar-refractivity contribution in [3.8, 4) is 22.8 Å². The molecule has 0 radical (unpaired) electrons. The standard InChI is InChI=1S/C27H28N8O/c1-2-7-23(36)29-18-14-17(15-28-16-18)19-10-11-21-25(30-19)26(34-33-21)27-31-20-8-6-9-22(24(20)32-27)35-12-4-3-5-13-35/h6,8-11,14-16H,2-5,7,12-13H2,1H3,(H,29,36)(H,31,32)(H,33,34). The molecule has 0 atom stereocenters. The van der Waals surface area contributed by atoms with Gasteiger partial charge in [0.2, 0.25) is 5.91 Å². The van der Waals surface area contributed by atoms with E-state index in [9.17, 15) is 4.79 Å². The van der Waals surface area contributed by atoms with E-state index in [-0.39, 0.29) is 5.91 Å². The number of aromatic nitrogens is 6. The van der Waals surface area contributed by atoms with Crippen molar-refractivity contribution >= 4 is 39.3 Å². The number of nitrogens with zero attached hydrogens (tertiary/aromatic N) is 5. The lowest BCUT2D eigenvalue weighted by atomic mass is 10.1. The van der Waals surface area contributed by atoms with Gasteiger partial charge in [-0.25, -0.2) is 9.97 Å². The fraction of sp³-hybridized carbons (Fsp3) is 0.296. The molecule has 0 saturated carbocycles. The number of nitrogens with one attached hydrogen (secondary N) is 3. The van der Waals surface area contributed by atoms with E-state index in [1.165, 1.54) is 19.3 Å². The van der Waals surface area contributed by atoms with Crippen molar-refractivity contribution in [2.45, 2.75) is 39.0 Å². The van der Waals surface area contributed by atoms with Crippen molar-refractivity contribution in [1.29, 1.82) is 0 Å². The van der Waals surface area contributed by atoms with Crippen LogP contribution in [0.5, 0.6) is 0 Å². The molecule has 0 unspecified atom stereocenters. The molecule has 1 fully saturated rings. The van der Waals surface area contributed by atoms with Crippen molar-refractivity contribution in [3.63, 3.8) is 0 Å². The van der Waals surface area contributed by atoms with E-state index in [0.29, 0.717) is 23.6 Å². The molecule has 4 aromatic heterocycles. The molecule has 182 valence electrons. The molecule has 1 saturated heterocycles. The number of H-pyrrole nitrogens is 2. The van der Waals surface area contributed by atoms with Gasteiger partial charge in [0, 0.05) is 31.3 Å². The van der Waals surface area contributed by atoms with Crippen molar-refractivity contribution < 1.29 is 4.79 Å². The molecule has 36 heavy (non-hydrogen) atoms. The van der Waals surface area contributed by atoms with Crippen molar-refractivity contribution in [3.05, 3.63) is 48.8 Å². The van der Waals surface area contributed by atoms with Crippen molar-refractivity contribution in [2.75, 3.05) is 23.3 Å². The Morgan fingerprint density at radius 1 is 1.03 bits per heavy atom. The second kappa shape index (κ2) is 9.41. The summed E-state index contributed by atoms with van der Waals surface area (Å²) >= 11 is 0. The molecular formula is C27H28N8O. The van der Waals surface area contributed by atoms with Gasteiger partial charge in [-0.15, -0.1) is 0 Å². The average Bonchev–Trinajstić information content (AvgIpc) is 3.53. The Hall–Kier alpha value is -4.27. The number of para-hydroxylation sites is 1. The van der Waals surface area contributed by atoms with Crippen LogP contribution in [-0.4, -0.2) is 49.1 Å². The number of hydrogen-bond donors (Lipinski definition) is 3. The summed E-state index contributed by atoms with van der Waals surface area (Å²) in [6.07, 6.45) is 8.37. The monoisotopic (exact) mass is 480 g/mol. The number of imidazole rings is 1. The van der Waals surface area contributed by atoms with Gasteiger partial charge in [-0.05, 0) is 56.0 Å². The smallest absolute Gasteiger partial charge is 0.224 e. The fourth-order valence-electron chi connectivity index (χ4n) is 4.84. The van der Waals surface area contributed by atoms with Gasteiger partial charge in [-0.2, -0.15) is 5.10 Å². The van der Waals surface area contributed by atoms with Crippen LogP contribution in [0.4, 0.5) is 11.4 Å². The largest absolute Gasteiger partial charge is 0.370 e. The van der Waals surface area contributed by atoms with Crippen molar-refractivity contribution in [2.24, 2.45) is 0 Å². The van der Waals surface area contributed by atoms with Crippen LogP contribution in [0.25, 0.3) is 44.8 Å². The Labute approximate surface area is 208 Å². The lowest BCUT2D eigenvalue weighted by Gasteiger charge is -2.28. The molecule has 1 aliphatic heterocycles. The van der Waals surface area contributed by atoms with E-state index < -0.39 is 0 Å². The van der Waals surface area contributed by atoms with Crippen LogP contribution in [-0.2, 0) is 4.79 Å². The zero-order valence-corrected chi connectivity index (χ0v) is 20.2.